The van der Waals surface area contributed by atoms with Crippen LogP contribution < -0.4 is 10.6 Å². The first kappa shape index (κ1) is 22.6. The molecule has 8 heteroatoms. The van der Waals surface area contributed by atoms with Gasteiger partial charge in [0, 0.05) is 23.4 Å². The quantitative estimate of drug-likeness (QED) is 0.495. The maximum atomic E-state index is 11.5. The molecule has 2 aromatic rings. The van der Waals surface area contributed by atoms with E-state index in [0.717, 1.165) is 58.2 Å². The summed E-state index contributed by atoms with van der Waals surface area (Å²) >= 11 is 15.5. The summed E-state index contributed by atoms with van der Waals surface area (Å²) < 4.78 is 6.59. The van der Waals surface area contributed by atoms with Crippen LogP contribution in [0.2, 0.25) is 10.0 Å². The number of anilines is 2. The Morgan fingerprint density at radius 2 is 1.45 bits per heavy atom. The number of halogens is 3. The molecule has 0 aromatic heterocycles. The standard InChI is InChI=1S/C14H16ClNO2.C9H7BrClNO/c15-12-6-4-9-5-7-13(17)16-14(9)11(12)8-18-10-2-1-3-10;10-8-6(11)3-1-5-2-4-7(13)12-9(5)8/h4,6,10H,1-3,5,7-8H2,(H,16,17);1,3H,2,4H2,(H,12,13). The van der Waals surface area contributed by atoms with Crippen LogP contribution in [0.15, 0.2) is 28.7 Å². The van der Waals surface area contributed by atoms with E-state index in [4.69, 9.17) is 27.9 Å². The lowest BCUT2D eigenvalue weighted by Gasteiger charge is -2.27. The van der Waals surface area contributed by atoms with Crippen molar-refractivity contribution in [2.24, 2.45) is 0 Å². The highest BCUT2D eigenvalue weighted by Gasteiger charge is 2.23. The van der Waals surface area contributed by atoms with Gasteiger partial charge in [-0.3, -0.25) is 9.59 Å². The molecule has 0 saturated heterocycles. The van der Waals surface area contributed by atoms with Gasteiger partial charge in [0.15, 0.2) is 0 Å². The highest BCUT2D eigenvalue weighted by molar-refractivity contribution is 9.10. The van der Waals surface area contributed by atoms with Gasteiger partial charge < -0.3 is 15.4 Å². The van der Waals surface area contributed by atoms with Gasteiger partial charge in [0.05, 0.1) is 33.6 Å². The number of ether oxygens (including phenoxy) is 1. The minimum Gasteiger partial charge on any atom is -0.373 e. The number of fused-ring (bicyclic) bond motifs is 2. The van der Waals surface area contributed by atoms with Crippen molar-refractivity contribution < 1.29 is 14.3 Å². The Hall–Kier alpha value is -1.60. The minimum atomic E-state index is 0.0514. The van der Waals surface area contributed by atoms with Crippen molar-refractivity contribution in [1.82, 2.24) is 0 Å². The molecule has 0 unspecified atom stereocenters. The molecule has 2 aromatic carbocycles. The lowest BCUT2D eigenvalue weighted by atomic mass is 9.96. The Bertz CT molecular complexity index is 1020. The van der Waals surface area contributed by atoms with Crippen LogP contribution in [0.3, 0.4) is 0 Å². The first-order valence-electron chi connectivity index (χ1n) is 10.4. The van der Waals surface area contributed by atoms with Crippen molar-refractivity contribution in [3.63, 3.8) is 0 Å². The van der Waals surface area contributed by atoms with Gasteiger partial charge >= 0.3 is 0 Å². The number of benzene rings is 2. The second kappa shape index (κ2) is 9.90. The largest absolute Gasteiger partial charge is 0.373 e. The van der Waals surface area contributed by atoms with Gasteiger partial charge in [-0.05, 0) is 71.3 Å². The average Bonchev–Trinajstić information content (AvgIpc) is 2.72. The number of amides is 2. The third-order valence-electron chi connectivity index (χ3n) is 5.81. The SMILES string of the molecule is O=C1CCc2ccc(Cl)c(Br)c2N1.O=C1CCc2ccc(Cl)c(COC3CCC3)c2N1. The third-order valence-corrected chi connectivity index (χ3v) is 7.53. The molecule has 5 nitrogen and oxygen atoms in total. The van der Waals surface area contributed by atoms with Gasteiger partial charge in [-0.2, -0.15) is 0 Å². The summed E-state index contributed by atoms with van der Waals surface area (Å²) in [6, 6.07) is 7.67. The van der Waals surface area contributed by atoms with Crippen LogP contribution in [0.25, 0.3) is 0 Å². The molecule has 1 aliphatic carbocycles. The maximum Gasteiger partial charge on any atom is 0.224 e. The van der Waals surface area contributed by atoms with Crippen LogP contribution in [-0.4, -0.2) is 17.9 Å². The summed E-state index contributed by atoms with van der Waals surface area (Å²) in [6.07, 6.45) is 6.58. The van der Waals surface area contributed by atoms with Gasteiger partial charge in [0.2, 0.25) is 11.8 Å². The Kier molecular flexibility index (Phi) is 7.22. The molecule has 2 aliphatic heterocycles. The van der Waals surface area contributed by atoms with Crippen LogP contribution in [0.1, 0.15) is 48.8 Å². The van der Waals surface area contributed by atoms with E-state index in [1.54, 1.807) is 0 Å². The Balaban J connectivity index is 0.000000158. The molecule has 5 rings (SSSR count). The van der Waals surface area contributed by atoms with Crippen LogP contribution >= 0.6 is 39.1 Å². The Morgan fingerprint density at radius 1 is 0.871 bits per heavy atom. The zero-order chi connectivity index (χ0) is 22.0. The number of nitrogens with one attached hydrogen (secondary N) is 2. The molecule has 1 saturated carbocycles. The molecular weight excluding hydrogens is 503 g/mol. The number of aryl methyl sites for hydroxylation is 2. The fraction of sp³-hybridized carbons (Fsp3) is 0.391. The molecular formula is C23H23BrCl2N2O3. The van der Waals surface area contributed by atoms with E-state index in [1.807, 2.05) is 24.3 Å². The predicted octanol–water partition coefficient (Wildman–Crippen LogP) is 6.28. The normalized spacial score (nSPS) is 17.4. The van der Waals surface area contributed by atoms with E-state index in [0.29, 0.717) is 35.6 Å². The second-order valence-electron chi connectivity index (χ2n) is 7.92. The van der Waals surface area contributed by atoms with Crippen molar-refractivity contribution in [3.8, 4) is 0 Å². The summed E-state index contributed by atoms with van der Waals surface area (Å²) in [6.45, 7) is 0.493. The number of carbonyl (C=O) groups is 2. The van der Waals surface area contributed by atoms with E-state index in [1.165, 1.54) is 6.42 Å². The zero-order valence-electron chi connectivity index (χ0n) is 16.9. The Morgan fingerprint density at radius 3 is 2.06 bits per heavy atom. The zero-order valence-corrected chi connectivity index (χ0v) is 20.0. The van der Waals surface area contributed by atoms with Gasteiger partial charge in [-0.25, -0.2) is 0 Å². The summed E-state index contributed by atoms with van der Waals surface area (Å²) in [4.78, 5) is 22.6. The maximum absolute atomic E-state index is 11.5. The second-order valence-corrected chi connectivity index (χ2v) is 9.52. The van der Waals surface area contributed by atoms with Crippen LogP contribution in [0.4, 0.5) is 11.4 Å². The van der Waals surface area contributed by atoms with E-state index < -0.39 is 0 Å². The predicted molar refractivity (Wildman–Crippen MR) is 127 cm³/mol. The van der Waals surface area contributed by atoms with Gasteiger partial charge in [-0.1, -0.05) is 35.3 Å². The average molecular weight is 526 g/mol. The van der Waals surface area contributed by atoms with E-state index >= 15 is 0 Å². The first-order chi connectivity index (χ1) is 14.9. The molecule has 2 amide bonds. The van der Waals surface area contributed by atoms with Gasteiger partial charge in [0.1, 0.15) is 0 Å². The first-order valence-corrected chi connectivity index (χ1v) is 12.0. The van der Waals surface area contributed by atoms with Crippen molar-refractivity contribution in [2.75, 3.05) is 10.6 Å². The summed E-state index contributed by atoms with van der Waals surface area (Å²) in [5.41, 5.74) is 4.91. The number of rotatable bonds is 3. The smallest absolute Gasteiger partial charge is 0.224 e. The molecule has 0 spiro atoms. The van der Waals surface area contributed by atoms with Crippen molar-refractivity contribution in [1.29, 1.82) is 0 Å². The summed E-state index contributed by atoms with van der Waals surface area (Å²) in [7, 11) is 0. The molecule has 0 radical (unpaired) electrons. The lowest BCUT2D eigenvalue weighted by molar-refractivity contribution is -0.117. The molecule has 2 heterocycles. The molecule has 164 valence electrons. The number of hydrogen-bond donors (Lipinski definition) is 2. The minimum absolute atomic E-state index is 0.0514. The molecule has 31 heavy (non-hydrogen) atoms. The summed E-state index contributed by atoms with van der Waals surface area (Å²) in [5, 5.41) is 7.03. The van der Waals surface area contributed by atoms with Crippen molar-refractivity contribution >= 4 is 62.3 Å². The van der Waals surface area contributed by atoms with Crippen molar-refractivity contribution in [2.45, 2.75) is 57.7 Å². The molecule has 1 fully saturated rings. The summed E-state index contributed by atoms with van der Waals surface area (Å²) in [5.74, 6) is 0.116. The van der Waals surface area contributed by atoms with E-state index in [2.05, 4.69) is 26.6 Å². The molecule has 0 bridgehead atoms. The van der Waals surface area contributed by atoms with Gasteiger partial charge in [-0.15, -0.1) is 0 Å². The molecule has 0 atom stereocenters. The molecule has 3 aliphatic rings. The fourth-order valence-corrected chi connectivity index (χ4v) is 4.60. The van der Waals surface area contributed by atoms with E-state index in [9.17, 15) is 9.59 Å². The van der Waals surface area contributed by atoms with Crippen LogP contribution in [0, 0.1) is 0 Å². The topological polar surface area (TPSA) is 67.4 Å². The highest BCUT2D eigenvalue weighted by atomic mass is 79.9. The van der Waals surface area contributed by atoms with Crippen molar-refractivity contribution in [3.05, 3.63) is 55.5 Å². The third kappa shape index (κ3) is 5.25. The Labute approximate surface area is 200 Å². The number of carbonyl (C=O) groups excluding carboxylic acids is 2. The fourth-order valence-electron chi connectivity index (χ4n) is 3.75. The van der Waals surface area contributed by atoms with Crippen LogP contribution in [0.5, 0.6) is 0 Å². The lowest BCUT2D eigenvalue weighted by Crippen LogP contribution is -2.23. The van der Waals surface area contributed by atoms with E-state index in [-0.39, 0.29) is 11.8 Å². The van der Waals surface area contributed by atoms with Crippen LogP contribution in [-0.2, 0) is 33.8 Å². The number of hydrogen-bond acceptors (Lipinski definition) is 3. The molecule has 2 N–H and O–H groups in total. The monoisotopic (exact) mass is 524 g/mol. The van der Waals surface area contributed by atoms with Gasteiger partial charge in [0.25, 0.3) is 0 Å². The highest BCUT2D eigenvalue weighted by Crippen LogP contribution is 2.36.